The zero-order valence-corrected chi connectivity index (χ0v) is 29.0. The summed E-state index contributed by atoms with van der Waals surface area (Å²) in [5, 5.41) is 10.4. The Morgan fingerprint density at radius 3 is 1.70 bits per heavy atom. The van der Waals surface area contributed by atoms with Gasteiger partial charge in [0.15, 0.2) is 0 Å². The van der Waals surface area contributed by atoms with Crippen LogP contribution in [0.3, 0.4) is 0 Å². The summed E-state index contributed by atoms with van der Waals surface area (Å²) in [4.78, 5) is 0. The minimum absolute atomic E-state index is 0.516. The molecule has 53 heavy (non-hydrogen) atoms. The Hall–Kier alpha value is -6.76. The highest BCUT2D eigenvalue weighted by atomic mass is 14.5. The maximum atomic E-state index is 2.53. The van der Waals surface area contributed by atoms with Crippen LogP contribution in [-0.2, 0) is 5.41 Å². The lowest BCUT2D eigenvalue weighted by Crippen LogP contribution is -2.26. The van der Waals surface area contributed by atoms with Crippen LogP contribution in [0.2, 0.25) is 0 Å². The summed E-state index contributed by atoms with van der Waals surface area (Å²) in [5.41, 5.74) is 15.3. The van der Waals surface area contributed by atoms with Gasteiger partial charge < -0.3 is 0 Å². The van der Waals surface area contributed by atoms with Crippen molar-refractivity contribution in [1.29, 1.82) is 0 Å². The van der Waals surface area contributed by atoms with Crippen molar-refractivity contribution in [2.24, 2.45) is 0 Å². The van der Waals surface area contributed by atoms with E-state index in [0.29, 0.717) is 0 Å². The van der Waals surface area contributed by atoms with E-state index in [4.69, 9.17) is 0 Å². The molecular weight excluding hydrogens is 637 g/mol. The summed E-state index contributed by atoms with van der Waals surface area (Å²) in [6.45, 7) is 0. The van der Waals surface area contributed by atoms with E-state index >= 15 is 0 Å². The summed E-state index contributed by atoms with van der Waals surface area (Å²) in [5.74, 6) is 0. The van der Waals surface area contributed by atoms with E-state index in [1.807, 2.05) is 0 Å². The lowest BCUT2D eigenvalue weighted by molar-refractivity contribution is 0.802. The van der Waals surface area contributed by atoms with Crippen molar-refractivity contribution < 1.29 is 0 Å². The predicted octanol–water partition coefficient (Wildman–Crippen LogP) is 14.0. The highest BCUT2D eigenvalue weighted by molar-refractivity contribution is 6.28. The van der Waals surface area contributed by atoms with Crippen molar-refractivity contribution in [3.8, 4) is 44.5 Å². The SMILES string of the molecule is c1ccc(-c2cc3c4ccccc4c4c(c3c3ccccc23)C2(c3ccccc3-c3ccc(-c5cccc6ccccc56)cc32)c2ccccc2-4)cc1. The molecule has 10 aromatic rings. The fourth-order valence-corrected chi connectivity index (χ4v) is 10.2. The van der Waals surface area contributed by atoms with Crippen molar-refractivity contribution in [3.63, 3.8) is 0 Å². The lowest BCUT2D eigenvalue weighted by atomic mass is 9.68. The Morgan fingerprint density at radius 1 is 0.283 bits per heavy atom. The van der Waals surface area contributed by atoms with Gasteiger partial charge in [0.25, 0.3) is 0 Å². The highest BCUT2D eigenvalue weighted by Gasteiger charge is 2.53. The second kappa shape index (κ2) is 10.6. The topological polar surface area (TPSA) is 0 Å². The van der Waals surface area contributed by atoms with Crippen molar-refractivity contribution in [3.05, 3.63) is 216 Å². The van der Waals surface area contributed by atoms with Crippen LogP contribution in [-0.4, -0.2) is 0 Å². The van der Waals surface area contributed by atoms with Crippen molar-refractivity contribution >= 4 is 43.1 Å². The van der Waals surface area contributed by atoms with E-state index in [1.165, 1.54) is 110 Å². The van der Waals surface area contributed by atoms with Crippen molar-refractivity contribution in [1.82, 2.24) is 0 Å². The Morgan fingerprint density at radius 2 is 0.868 bits per heavy atom. The molecule has 0 fully saturated rings. The molecule has 0 aliphatic heterocycles. The van der Waals surface area contributed by atoms with Crippen LogP contribution in [0.4, 0.5) is 0 Å². The van der Waals surface area contributed by atoms with Crippen molar-refractivity contribution in [2.75, 3.05) is 0 Å². The number of hydrogen-bond donors (Lipinski definition) is 0. The molecule has 10 aromatic carbocycles. The molecule has 0 heteroatoms. The third-order valence-corrected chi connectivity index (χ3v) is 12.2. The first kappa shape index (κ1) is 28.9. The monoisotopic (exact) mass is 668 g/mol. The van der Waals surface area contributed by atoms with Crippen LogP contribution in [0.5, 0.6) is 0 Å². The summed E-state index contributed by atoms with van der Waals surface area (Å²) in [7, 11) is 0. The molecule has 244 valence electrons. The lowest BCUT2D eigenvalue weighted by Gasteiger charge is -2.32. The highest BCUT2D eigenvalue weighted by Crippen LogP contribution is 2.66. The predicted molar refractivity (Wildman–Crippen MR) is 224 cm³/mol. The normalized spacial score (nSPS) is 15.2. The first-order valence-electron chi connectivity index (χ1n) is 18.6. The second-order valence-electron chi connectivity index (χ2n) is 14.7. The molecule has 0 nitrogen and oxygen atoms in total. The van der Waals surface area contributed by atoms with E-state index in [0.717, 1.165) is 0 Å². The van der Waals surface area contributed by atoms with E-state index in [2.05, 4.69) is 194 Å². The molecule has 0 saturated carbocycles. The second-order valence-corrected chi connectivity index (χ2v) is 14.7. The van der Waals surface area contributed by atoms with Crippen LogP contribution >= 0.6 is 0 Å². The van der Waals surface area contributed by atoms with Crippen LogP contribution < -0.4 is 0 Å². The molecule has 1 spiro atoms. The summed E-state index contributed by atoms with van der Waals surface area (Å²) in [6.07, 6.45) is 0. The molecule has 0 aromatic heterocycles. The van der Waals surface area contributed by atoms with Gasteiger partial charge in [-0.25, -0.2) is 0 Å². The van der Waals surface area contributed by atoms with Gasteiger partial charge in [0, 0.05) is 0 Å². The van der Waals surface area contributed by atoms with Crippen LogP contribution in [0.25, 0.3) is 87.6 Å². The number of benzene rings is 10. The van der Waals surface area contributed by atoms with Crippen molar-refractivity contribution in [2.45, 2.75) is 5.41 Å². The van der Waals surface area contributed by atoms with Crippen LogP contribution in [0.1, 0.15) is 22.3 Å². The van der Waals surface area contributed by atoms with Crippen LogP contribution in [0, 0.1) is 0 Å². The average Bonchev–Trinajstić information content (AvgIpc) is 3.71. The summed E-state index contributed by atoms with van der Waals surface area (Å²) >= 11 is 0. The van der Waals surface area contributed by atoms with Gasteiger partial charge in [0.2, 0.25) is 0 Å². The maximum Gasteiger partial charge on any atom is 0.0732 e. The molecule has 0 N–H and O–H groups in total. The van der Waals surface area contributed by atoms with Gasteiger partial charge in [0.05, 0.1) is 5.41 Å². The van der Waals surface area contributed by atoms with Crippen LogP contribution in [0.15, 0.2) is 194 Å². The molecule has 0 heterocycles. The summed E-state index contributed by atoms with van der Waals surface area (Å²) in [6, 6.07) is 72.8. The molecule has 2 aliphatic rings. The summed E-state index contributed by atoms with van der Waals surface area (Å²) < 4.78 is 0. The zero-order chi connectivity index (χ0) is 34.7. The smallest absolute Gasteiger partial charge is 0.0622 e. The van der Waals surface area contributed by atoms with Gasteiger partial charge in [0.1, 0.15) is 0 Å². The first-order valence-corrected chi connectivity index (χ1v) is 18.6. The molecule has 1 atom stereocenters. The third-order valence-electron chi connectivity index (χ3n) is 12.2. The first-order chi connectivity index (χ1) is 26.3. The fraction of sp³-hybridized carbons (Fsp3) is 0.0189. The quantitative estimate of drug-likeness (QED) is 0.161. The molecule has 0 bridgehead atoms. The van der Waals surface area contributed by atoms with E-state index in [1.54, 1.807) is 0 Å². The Kier molecular flexibility index (Phi) is 5.80. The Bertz CT molecular complexity index is 3160. The number of fused-ring (bicyclic) bond motifs is 18. The third kappa shape index (κ3) is 3.70. The fourth-order valence-electron chi connectivity index (χ4n) is 10.2. The van der Waals surface area contributed by atoms with Gasteiger partial charge in [-0.15, -0.1) is 0 Å². The number of rotatable bonds is 2. The van der Waals surface area contributed by atoms with Gasteiger partial charge in [-0.2, -0.15) is 0 Å². The van der Waals surface area contributed by atoms with E-state index in [-0.39, 0.29) is 0 Å². The van der Waals surface area contributed by atoms with Gasteiger partial charge in [-0.05, 0) is 122 Å². The molecule has 2 aliphatic carbocycles. The Labute approximate surface area is 308 Å². The molecule has 0 amide bonds. The standard InChI is InChI=1S/C53H32/c1-2-15-34(16-3-1)45-32-46-39-21-7-9-24-43(39)50-44-25-11-13-28-48(44)53(52(50)51(46)42-23-8-6-20-38(42)45)47-27-12-10-22-40(47)41-30-29-35(31-49(41)53)37-26-14-18-33-17-4-5-19-36(33)37/h1-32H. The molecule has 0 radical (unpaired) electrons. The minimum Gasteiger partial charge on any atom is -0.0622 e. The maximum absolute atomic E-state index is 2.53. The minimum atomic E-state index is -0.516. The van der Waals surface area contributed by atoms with E-state index < -0.39 is 5.41 Å². The number of hydrogen-bond acceptors (Lipinski definition) is 0. The average molecular weight is 669 g/mol. The zero-order valence-electron chi connectivity index (χ0n) is 29.0. The Balaban J connectivity index is 1.31. The van der Waals surface area contributed by atoms with Gasteiger partial charge >= 0.3 is 0 Å². The van der Waals surface area contributed by atoms with Gasteiger partial charge in [-0.1, -0.05) is 182 Å². The van der Waals surface area contributed by atoms with Gasteiger partial charge in [-0.3, -0.25) is 0 Å². The molecule has 1 unspecified atom stereocenters. The molecule has 12 rings (SSSR count). The molecule has 0 saturated heterocycles. The van der Waals surface area contributed by atoms with E-state index in [9.17, 15) is 0 Å². The largest absolute Gasteiger partial charge is 0.0732 e. The molecular formula is C53H32.